The normalized spacial score (nSPS) is 15.5. The molecule has 0 radical (unpaired) electrons. The first-order valence-electron chi connectivity index (χ1n) is 6.42. The first-order chi connectivity index (χ1) is 9.91. The third kappa shape index (κ3) is 2.51. The van der Waals surface area contributed by atoms with Crippen LogP contribution in [-0.2, 0) is 12.7 Å². The van der Waals surface area contributed by atoms with Gasteiger partial charge in [0, 0.05) is 11.6 Å². The molecule has 0 spiro atoms. The van der Waals surface area contributed by atoms with E-state index in [-0.39, 0.29) is 18.2 Å². The maximum Gasteiger partial charge on any atom is 0.419 e. The lowest BCUT2D eigenvalue weighted by Crippen LogP contribution is -2.10. The molecule has 1 fully saturated rings. The lowest BCUT2D eigenvalue weighted by molar-refractivity contribution is -0.139. The lowest BCUT2D eigenvalue weighted by atomic mass is 10.1. The van der Waals surface area contributed by atoms with Crippen molar-refractivity contribution in [3.05, 3.63) is 35.4 Å². The Hall–Kier alpha value is -1.96. The van der Waals surface area contributed by atoms with Crippen LogP contribution >= 0.6 is 0 Å². The number of rotatable bonds is 3. The van der Waals surface area contributed by atoms with Gasteiger partial charge >= 0.3 is 6.18 Å². The number of alkyl halides is 3. The summed E-state index contributed by atoms with van der Waals surface area (Å²) in [7, 11) is 0. The Bertz CT molecular complexity index is 673. The van der Waals surface area contributed by atoms with Crippen molar-refractivity contribution in [2.45, 2.75) is 31.6 Å². The van der Waals surface area contributed by atoms with Gasteiger partial charge in [-0.05, 0) is 31.0 Å². The summed E-state index contributed by atoms with van der Waals surface area (Å²) in [6.45, 7) is 0.150. The fourth-order valence-corrected chi connectivity index (χ4v) is 2.26. The van der Waals surface area contributed by atoms with Crippen molar-refractivity contribution in [1.29, 1.82) is 0 Å². The largest absolute Gasteiger partial charge is 0.419 e. The Kier molecular flexibility index (Phi) is 3.20. The SMILES string of the molecule is NCc1nnc(-c2ccc(F)c(C(F)(F)F)c2)n1C1CC1. The average Bonchev–Trinajstić information content (AvgIpc) is 3.17. The fraction of sp³-hybridized carbons (Fsp3) is 0.385. The predicted octanol–water partition coefficient (Wildman–Crippen LogP) is 2.90. The van der Waals surface area contributed by atoms with Crippen LogP contribution in [0.3, 0.4) is 0 Å². The van der Waals surface area contributed by atoms with Gasteiger partial charge in [-0.15, -0.1) is 10.2 Å². The Morgan fingerprint density at radius 1 is 1.24 bits per heavy atom. The minimum absolute atomic E-state index is 0.150. The molecule has 21 heavy (non-hydrogen) atoms. The second-order valence-corrected chi connectivity index (χ2v) is 4.94. The van der Waals surface area contributed by atoms with Crippen LogP contribution in [0.5, 0.6) is 0 Å². The molecular weight excluding hydrogens is 288 g/mol. The second kappa shape index (κ2) is 4.80. The van der Waals surface area contributed by atoms with Crippen LogP contribution in [0.4, 0.5) is 17.6 Å². The van der Waals surface area contributed by atoms with Gasteiger partial charge in [-0.25, -0.2) is 4.39 Å². The maximum absolute atomic E-state index is 13.3. The van der Waals surface area contributed by atoms with Crippen LogP contribution in [0.2, 0.25) is 0 Å². The molecule has 1 saturated carbocycles. The highest BCUT2D eigenvalue weighted by Gasteiger charge is 2.35. The van der Waals surface area contributed by atoms with Crippen molar-refractivity contribution in [3.63, 3.8) is 0 Å². The van der Waals surface area contributed by atoms with E-state index >= 15 is 0 Å². The van der Waals surface area contributed by atoms with Crippen molar-refractivity contribution < 1.29 is 17.6 Å². The molecule has 0 amide bonds. The maximum atomic E-state index is 13.3. The monoisotopic (exact) mass is 300 g/mol. The lowest BCUT2D eigenvalue weighted by Gasteiger charge is -2.11. The molecule has 1 aromatic heterocycles. The van der Waals surface area contributed by atoms with Gasteiger partial charge in [-0.1, -0.05) is 0 Å². The fourth-order valence-electron chi connectivity index (χ4n) is 2.26. The summed E-state index contributed by atoms with van der Waals surface area (Å²) in [5, 5.41) is 7.81. The van der Waals surface area contributed by atoms with Gasteiger partial charge in [0.15, 0.2) is 5.82 Å². The van der Waals surface area contributed by atoms with Gasteiger partial charge in [0.2, 0.25) is 0 Å². The van der Waals surface area contributed by atoms with Crippen LogP contribution in [0.15, 0.2) is 18.2 Å². The summed E-state index contributed by atoms with van der Waals surface area (Å²) in [4.78, 5) is 0. The topological polar surface area (TPSA) is 56.7 Å². The number of hydrogen-bond donors (Lipinski definition) is 1. The quantitative estimate of drug-likeness (QED) is 0.887. The number of nitrogens with zero attached hydrogens (tertiary/aromatic N) is 3. The number of halogens is 4. The minimum Gasteiger partial charge on any atom is -0.324 e. The van der Waals surface area contributed by atoms with Gasteiger partial charge in [0.25, 0.3) is 0 Å². The molecule has 1 aliphatic rings. The molecule has 4 nitrogen and oxygen atoms in total. The third-order valence-corrected chi connectivity index (χ3v) is 3.39. The van der Waals surface area contributed by atoms with Gasteiger partial charge in [-0.3, -0.25) is 0 Å². The Labute approximate surface area is 117 Å². The molecule has 0 saturated heterocycles. The highest BCUT2D eigenvalue weighted by Crippen LogP contribution is 2.40. The Balaban J connectivity index is 2.11. The van der Waals surface area contributed by atoms with E-state index in [9.17, 15) is 17.6 Å². The molecule has 1 aliphatic carbocycles. The van der Waals surface area contributed by atoms with Crippen LogP contribution in [0, 0.1) is 5.82 Å². The smallest absolute Gasteiger partial charge is 0.324 e. The van der Waals surface area contributed by atoms with Gasteiger partial charge in [0.1, 0.15) is 11.6 Å². The summed E-state index contributed by atoms with van der Waals surface area (Å²) >= 11 is 0. The first kappa shape index (κ1) is 14.0. The zero-order valence-corrected chi connectivity index (χ0v) is 10.9. The molecule has 0 aliphatic heterocycles. The van der Waals surface area contributed by atoms with Crippen molar-refractivity contribution in [3.8, 4) is 11.4 Å². The summed E-state index contributed by atoms with van der Waals surface area (Å²) in [5.41, 5.74) is 4.44. The van der Waals surface area contributed by atoms with E-state index in [1.165, 1.54) is 6.07 Å². The van der Waals surface area contributed by atoms with Gasteiger partial charge in [0.05, 0.1) is 12.1 Å². The third-order valence-electron chi connectivity index (χ3n) is 3.39. The van der Waals surface area contributed by atoms with E-state index < -0.39 is 17.6 Å². The summed E-state index contributed by atoms with van der Waals surface area (Å²) in [6.07, 6.45) is -2.93. The standard InChI is InChI=1S/C13H12F4N4/c14-10-4-1-7(5-9(10)13(15,16)17)12-20-19-11(6-18)21(12)8-2-3-8/h1,4-5,8H,2-3,6,18H2. The molecule has 0 bridgehead atoms. The van der Waals surface area contributed by atoms with E-state index in [0.29, 0.717) is 11.6 Å². The molecule has 3 rings (SSSR count). The molecule has 0 atom stereocenters. The van der Waals surface area contributed by atoms with Gasteiger partial charge < -0.3 is 10.3 Å². The molecule has 0 unspecified atom stereocenters. The van der Waals surface area contributed by atoms with E-state index in [1.54, 1.807) is 4.57 Å². The number of aromatic nitrogens is 3. The Morgan fingerprint density at radius 2 is 1.95 bits per heavy atom. The molecule has 1 heterocycles. The number of nitrogens with two attached hydrogens (primary N) is 1. The van der Waals surface area contributed by atoms with E-state index in [0.717, 1.165) is 25.0 Å². The number of hydrogen-bond acceptors (Lipinski definition) is 3. The van der Waals surface area contributed by atoms with Crippen LogP contribution in [0.1, 0.15) is 30.3 Å². The van der Waals surface area contributed by atoms with Gasteiger partial charge in [-0.2, -0.15) is 13.2 Å². The summed E-state index contributed by atoms with van der Waals surface area (Å²) in [5.74, 6) is -0.489. The summed E-state index contributed by atoms with van der Waals surface area (Å²) < 4.78 is 53.4. The first-order valence-corrected chi connectivity index (χ1v) is 6.42. The predicted molar refractivity (Wildman–Crippen MR) is 66.6 cm³/mol. The molecule has 8 heteroatoms. The van der Waals surface area contributed by atoms with E-state index in [2.05, 4.69) is 10.2 Å². The molecular formula is C13H12F4N4. The highest BCUT2D eigenvalue weighted by atomic mass is 19.4. The van der Waals surface area contributed by atoms with Crippen molar-refractivity contribution >= 4 is 0 Å². The minimum atomic E-state index is -4.75. The summed E-state index contributed by atoms with van der Waals surface area (Å²) in [6, 6.07) is 2.99. The van der Waals surface area contributed by atoms with Crippen LogP contribution in [-0.4, -0.2) is 14.8 Å². The number of benzene rings is 1. The average molecular weight is 300 g/mol. The second-order valence-electron chi connectivity index (χ2n) is 4.94. The molecule has 2 aromatic rings. The molecule has 112 valence electrons. The zero-order valence-electron chi connectivity index (χ0n) is 10.9. The Morgan fingerprint density at radius 3 is 2.52 bits per heavy atom. The molecule has 2 N–H and O–H groups in total. The highest BCUT2D eigenvalue weighted by molar-refractivity contribution is 5.57. The van der Waals surface area contributed by atoms with E-state index in [4.69, 9.17) is 5.73 Å². The molecule has 1 aromatic carbocycles. The van der Waals surface area contributed by atoms with Crippen molar-refractivity contribution in [2.75, 3.05) is 0 Å². The van der Waals surface area contributed by atoms with Crippen LogP contribution < -0.4 is 5.73 Å². The van der Waals surface area contributed by atoms with Crippen molar-refractivity contribution in [1.82, 2.24) is 14.8 Å². The van der Waals surface area contributed by atoms with E-state index in [1.807, 2.05) is 0 Å². The van der Waals surface area contributed by atoms with Crippen molar-refractivity contribution in [2.24, 2.45) is 5.73 Å². The zero-order chi connectivity index (χ0) is 15.2. The van der Waals surface area contributed by atoms with Crippen LogP contribution in [0.25, 0.3) is 11.4 Å².